The number of fused-ring (bicyclic) bond motifs is 2. The van der Waals surface area contributed by atoms with Crippen molar-refractivity contribution >= 4 is 33.6 Å². The van der Waals surface area contributed by atoms with E-state index in [0.29, 0.717) is 23.2 Å². The third-order valence-corrected chi connectivity index (χ3v) is 5.42. The van der Waals surface area contributed by atoms with E-state index in [0.717, 1.165) is 44.5 Å². The van der Waals surface area contributed by atoms with Crippen LogP contribution in [0, 0.1) is 0 Å². The van der Waals surface area contributed by atoms with E-state index in [1.165, 1.54) is 0 Å². The summed E-state index contributed by atoms with van der Waals surface area (Å²) in [5.41, 5.74) is 19.8. The van der Waals surface area contributed by atoms with Gasteiger partial charge in [-0.2, -0.15) is 0 Å². The van der Waals surface area contributed by atoms with Crippen LogP contribution in [-0.4, -0.2) is 9.97 Å². The topological polar surface area (TPSA) is 104 Å². The standard InChI is InChI=1S/C26H18N4O2/c27-19-7-1-15(2-8-19)25-29-21-13-17(5-11-23(21)31-25)18-6-12-24-22(14-18)30-26(32-24)16-3-9-20(28)10-4-16/h1-14H,27-28H2. The quantitative estimate of drug-likeness (QED) is 0.335. The van der Waals surface area contributed by atoms with Crippen LogP contribution in [0.5, 0.6) is 0 Å². The smallest absolute Gasteiger partial charge is 0.227 e. The van der Waals surface area contributed by atoms with Crippen LogP contribution >= 0.6 is 0 Å². The highest BCUT2D eigenvalue weighted by Crippen LogP contribution is 2.32. The second-order valence-corrected chi connectivity index (χ2v) is 7.65. The van der Waals surface area contributed by atoms with Crippen LogP contribution in [0.4, 0.5) is 11.4 Å². The molecule has 6 rings (SSSR count). The first-order chi connectivity index (χ1) is 15.6. The SMILES string of the molecule is Nc1ccc(-c2nc3cc(-c4ccc5oc(-c6ccc(N)cc6)nc5c4)ccc3o2)cc1. The fraction of sp³-hybridized carbons (Fsp3) is 0. The molecule has 0 radical (unpaired) electrons. The minimum Gasteiger partial charge on any atom is -0.436 e. The van der Waals surface area contributed by atoms with Crippen LogP contribution < -0.4 is 11.5 Å². The number of aromatic nitrogens is 2. The number of hydrogen-bond acceptors (Lipinski definition) is 6. The Morgan fingerprint density at radius 3 is 1.25 bits per heavy atom. The molecule has 0 atom stereocenters. The van der Waals surface area contributed by atoms with Gasteiger partial charge in [-0.05, 0) is 83.9 Å². The number of hydrogen-bond donors (Lipinski definition) is 2. The minimum absolute atomic E-state index is 0.567. The second kappa shape index (κ2) is 6.99. The molecule has 154 valence electrons. The average molecular weight is 418 g/mol. The number of anilines is 2. The van der Waals surface area contributed by atoms with Crippen molar-refractivity contribution in [3.05, 3.63) is 84.9 Å². The summed E-state index contributed by atoms with van der Waals surface area (Å²) in [6.07, 6.45) is 0. The normalized spacial score (nSPS) is 11.4. The number of nitrogens with two attached hydrogens (primary N) is 2. The van der Waals surface area contributed by atoms with Crippen molar-refractivity contribution in [3.8, 4) is 34.0 Å². The zero-order valence-corrected chi connectivity index (χ0v) is 16.9. The molecule has 6 heteroatoms. The number of benzene rings is 4. The summed E-state index contributed by atoms with van der Waals surface area (Å²) in [5.74, 6) is 1.13. The Labute approximate surface area is 183 Å². The summed E-state index contributed by atoms with van der Waals surface area (Å²) in [6.45, 7) is 0. The Balaban J connectivity index is 1.37. The molecule has 0 fully saturated rings. The lowest BCUT2D eigenvalue weighted by atomic mass is 10.0. The van der Waals surface area contributed by atoms with Crippen molar-refractivity contribution in [2.45, 2.75) is 0 Å². The molecule has 0 aliphatic heterocycles. The second-order valence-electron chi connectivity index (χ2n) is 7.65. The van der Waals surface area contributed by atoms with Gasteiger partial charge in [0.25, 0.3) is 0 Å². The van der Waals surface area contributed by atoms with Crippen LogP contribution in [0.3, 0.4) is 0 Å². The lowest BCUT2D eigenvalue weighted by molar-refractivity contribution is 0.619. The molecule has 0 amide bonds. The van der Waals surface area contributed by atoms with E-state index < -0.39 is 0 Å². The van der Waals surface area contributed by atoms with Crippen molar-refractivity contribution < 1.29 is 8.83 Å². The number of rotatable bonds is 3. The van der Waals surface area contributed by atoms with E-state index >= 15 is 0 Å². The van der Waals surface area contributed by atoms with E-state index in [1.807, 2.05) is 84.9 Å². The molecule has 0 saturated carbocycles. The molecular weight excluding hydrogens is 400 g/mol. The first-order valence-electron chi connectivity index (χ1n) is 10.2. The van der Waals surface area contributed by atoms with Crippen molar-refractivity contribution in [2.24, 2.45) is 0 Å². The fourth-order valence-corrected chi connectivity index (χ4v) is 3.71. The summed E-state index contributed by atoms with van der Waals surface area (Å²) in [5, 5.41) is 0. The number of nitrogen functional groups attached to an aromatic ring is 2. The molecule has 0 aliphatic carbocycles. The lowest BCUT2D eigenvalue weighted by Crippen LogP contribution is -1.83. The summed E-state index contributed by atoms with van der Waals surface area (Å²) >= 11 is 0. The molecule has 2 heterocycles. The van der Waals surface area contributed by atoms with Gasteiger partial charge in [-0.3, -0.25) is 0 Å². The maximum atomic E-state index is 5.93. The van der Waals surface area contributed by atoms with Gasteiger partial charge >= 0.3 is 0 Å². The van der Waals surface area contributed by atoms with E-state index in [1.54, 1.807) is 0 Å². The number of oxazole rings is 2. The van der Waals surface area contributed by atoms with Crippen molar-refractivity contribution in [1.29, 1.82) is 0 Å². The minimum atomic E-state index is 0.567. The van der Waals surface area contributed by atoms with Crippen LogP contribution in [0.2, 0.25) is 0 Å². The summed E-state index contributed by atoms with van der Waals surface area (Å²) in [4.78, 5) is 9.32. The molecule has 6 aromatic rings. The zero-order valence-electron chi connectivity index (χ0n) is 16.9. The van der Waals surface area contributed by atoms with E-state index in [-0.39, 0.29) is 0 Å². The Morgan fingerprint density at radius 1 is 0.469 bits per heavy atom. The van der Waals surface area contributed by atoms with Gasteiger partial charge in [0.05, 0.1) is 0 Å². The number of nitrogens with zero attached hydrogens (tertiary/aromatic N) is 2. The predicted molar refractivity (Wildman–Crippen MR) is 127 cm³/mol. The van der Waals surface area contributed by atoms with Crippen LogP contribution in [-0.2, 0) is 0 Å². The first-order valence-corrected chi connectivity index (χ1v) is 10.2. The average Bonchev–Trinajstić information content (AvgIpc) is 3.43. The van der Waals surface area contributed by atoms with E-state index in [4.69, 9.17) is 20.3 Å². The summed E-state index contributed by atoms with van der Waals surface area (Å²) in [6, 6.07) is 26.9. The molecule has 32 heavy (non-hydrogen) atoms. The molecular formula is C26H18N4O2. The van der Waals surface area contributed by atoms with E-state index in [9.17, 15) is 0 Å². The van der Waals surface area contributed by atoms with Gasteiger partial charge < -0.3 is 20.3 Å². The molecule has 0 aliphatic rings. The van der Waals surface area contributed by atoms with Crippen molar-refractivity contribution in [2.75, 3.05) is 11.5 Å². The van der Waals surface area contributed by atoms with Gasteiger partial charge in [-0.25, -0.2) is 9.97 Å². The Hall–Kier alpha value is -4.58. The molecule has 4 N–H and O–H groups in total. The molecule has 0 spiro atoms. The van der Waals surface area contributed by atoms with Crippen LogP contribution in [0.1, 0.15) is 0 Å². The third kappa shape index (κ3) is 3.15. The van der Waals surface area contributed by atoms with Crippen LogP contribution in [0.25, 0.3) is 56.2 Å². The summed E-state index contributed by atoms with van der Waals surface area (Å²) in [7, 11) is 0. The Kier molecular flexibility index (Phi) is 3.98. The first kappa shape index (κ1) is 18.2. The van der Waals surface area contributed by atoms with Crippen LogP contribution in [0.15, 0.2) is 93.8 Å². The largest absolute Gasteiger partial charge is 0.436 e. The molecule has 4 aromatic carbocycles. The fourth-order valence-electron chi connectivity index (χ4n) is 3.71. The van der Waals surface area contributed by atoms with Crippen molar-refractivity contribution in [1.82, 2.24) is 9.97 Å². The lowest BCUT2D eigenvalue weighted by Gasteiger charge is -2.00. The van der Waals surface area contributed by atoms with Gasteiger partial charge in [-0.15, -0.1) is 0 Å². The monoisotopic (exact) mass is 418 g/mol. The Bertz CT molecular complexity index is 1460. The molecule has 0 bridgehead atoms. The van der Waals surface area contributed by atoms with E-state index in [2.05, 4.69) is 9.97 Å². The zero-order chi connectivity index (χ0) is 21.7. The predicted octanol–water partition coefficient (Wildman–Crippen LogP) is 6.13. The highest BCUT2D eigenvalue weighted by molar-refractivity contribution is 5.86. The van der Waals surface area contributed by atoms with Gasteiger partial charge in [0.15, 0.2) is 11.2 Å². The molecule has 2 aromatic heterocycles. The summed E-state index contributed by atoms with van der Waals surface area (Å²) < 4.78 is 11.9. The van der Waals surface area contributed by atoms with Gasteiger partial charge in [-0.1, -0.05) is 12.1 Å². The molecule has 0 saturated heterocycles. The highest BCUT2D eigenvalue weighted by atomic mass is 16.4. The molecule has 6 nitrogen and oxygen atoms in total. The van der Waals surface area contributed by atoms with Gasteiger partial charge in [0.2, 0.25) is 11.8 Å². The van der Waals surface area contributed by atoms with Gasteiger partial charge in [0, 0.05) is 22.5 Å². The van der Waals surface area contributed by atoms with Gasteiger partial charge in [0.1, 0.15) is 11.0 Å². The van der Waals surface area contributed by atoms with Crippen molar-refractivity contribution in [3.63, 3.8) is 0 Å². The Morgan fingerprint density at radius 2 is 0.844 bits per heavy atom. The maximum absolute atomic E-state index is 5.93. The highest BCUT2D eigenvalue weighted by Gasteiger charge is 2.12. The maximum Gasteiger partial charge on any atom is 0.227 e. The molecule has 0 unspecified atom stereocenters. The third-order valence-electron chi connectivity index (χ3n) is 5.42.